The molecule has 1 aliphatic heterocycles. The molecule has 0 bridgehead atoms. The summed E-state index contributed by atoms with van der Waals surface area (Å²) in [6.07, 6.45) is 4.49. The van der Waals surface area contributed by atoms with E-state index in [0.717, 1.165) is 49.2 Å². The molecule has 1 N–H and O–H groups in total. The Morgan fingerprint density at radius 2 is 2.04 bits per heavy atom. The number of rotatable bonds is 4. The standard InChI is InChI=1S/C21H23ClN2O3S/c1-27-17-6-5-15(12-16(17)22)23-20(25)13-4-7-18-14(10-13)11-19(28-18)21(26)24-8-2-3-9-24/h5-6,11-13H,2-4,7-10H2,1H3,(H,23,25)/t13-/m0/s1. The first-order valence-electron chi connectivity index (χ1n) is 9.60. The number of carbonyl (C=O) groups excluding carboxylic acids is 2. The van der Waals surface area contributed by atoms with E-state index in [1.54, 1.807) is 36.6 Å². The van der Waals surface area contributed by atoms with E-state index in [0.29, 0.717) is 22.9 Å². The Bertz CT molecular complexity index is 905. The fourth-order valence-corrected chi connectivity index (χ4v) is 5.35. The number of fused-ring (bicyclic) bond motifs is 1. The van der Waals surface area contributed by atoms with E-state index in [-0.39, 0.29) is 17.7 Å². The van der Waals surface area contributed by atoms with Gasteiger partial charge in [0.1, 0.15) is 5.75 Å². The van der Waals surface area contributed by atoms with Crippen LogP contribution < -0.4 is 10.1 Å². The molecule has 2 heterocycles. The number of aryl methyl sites for hydroxylation is 1. The summed E-state index contributed by atoms with van der Waals surface area (Å²) in [5.74, 6) is 0.615. The van der Waals surface area contributed by atoms with Crippen LogP contribution in [0.3, 0.4) is 0 Å². The third-order valence-electron chi connectivity index (χ3n) is 5.48. The maximum Gasteiger partial charge on any atom is 0.263 e. The normalized spacial score (nSPS) is 18.6. The number of hydrogen-bond donors (Lipinski definition) is 1. The third kappa shape index (κ3) is 3.89. The van der Waals surface area contributed by atoms with Gasteiger partial charge in [-0.1, -0.05) is 11.6 Å². The summed E-state index contributed by atoms with van der Waals surface area (Å²) in [7, 11) is 1.56. The molecule has 2 aromatic rings. The minimum Gasteiger partial charge on any atom is -0.495 e. The van der Waals surface area contributed by atoms with Crippen molar-refractivity contribution in [1.82, 2.24) is 4.90 Å². The van der Waals surface area contributed by atoms with Crippen LogP contribution in [0.1, 0.15) is 39.4 Å². The smallest absolute Gasteiger partial charge is 0.263 e. The van der Waals surface area contributed by atoms with Gasteiger partial charge < -0.3 is 15.0 Å². The van der Waals surface area contributed by atoms with Gasteiger partial charge in [-0.3, -0.25) is 9.59 Å². The first kappa shape index (κ1) is 19.3. The number of benzene rings is 1. The van der Waals surface area contributed by atoms with Crippen molar-refractivity contribution in [2.45, 2.75) is 32.1 Å². The maximum absolute atomic E-state index is 12.7. The van der Waals surface area contributed by atoms with Crippen molar-refractivity contribution in [2.75, 3.05) is 25.5 Å². The van der Waals surface area contributed by atoms with Crippen molar-refractivity contribution in [3.8, 4) is 5.75 Å². The molecule has 4 rings (SSSR count). The summed E-state index contributed by atoms with van der Waals surface area (Å²) in [4.78, 5) is 29.4. The number of nitrogens with one attached hydrogen (secondary N) is 1. The second-order valence-corrected chi connectivity index (χ2v) is 8.88. The zero-order valence-electron chi connectivity index (χ0n) is 15.8. The number of hydrogen-bond acceptors (Lipinski definition) is 4. The molecule has 1 aromatic carbocycles. The summed E-state index contributed by atoms with van der Waals surface area (Å²) in [6, 6.07) is 7.23. The van der Waals surface area contributed by atoms with Crippen LogP contribution in [0.15, 0.2) is 24.3 Å². The highest BCUT2D eigenvalue weighted by molar-refractivity contribution is 7.14. The Balaban J connectivity index is 1.42. The molecular weight excluding hydrogens is 396 g/mol. The summed E-state index contributed by atoms with van der Waals surface area (Å²) < 4.78 is 5.14. The Morgan fingerprint density at radius 3 is 2.75 bits per heavy atom. The molecule has 1 atom stereocenters. The van der Waals surface area contributed by atoms with E-state index in [2.05, 4.69) is 5.32 Å². The van der Waals surface area contributed by atoms with E-state index < -0.39 is 0 Å². The highest BCUT2D eigenvalue weighted by Crippen LogP contribution is 2.34. The lowest BCUT2D eigenvalue weighted by molar-refractivity contribution is -0.120. The lowest BCUT2D eigenvalue weighted by Crippen LogP contribution is -2.27. The summed E-state index contributed by atoms with van der Waals surface area (Å²) in [5.41, 5.74) is 1.81. The predicted molar refractivity (Wildman–Crippen MR) is 112 cm³/mol. The van der Waals surface area contributed by atoms with Crippen LogP contribution in [-0.2, 0) is 17.6 Å². The topological polar surface area (TPSA) is 58.6 Å². The predicted octanol–water partition coefficient (Wildman–Crippen LogP) is 4.39. The number of thiophene rings is 1. The van der Waals surface area contributed by atoms with Crippen LogP contribution in [0, 0.1) is 5.92 Å². The lowest BCUT2D eigenvalue weighted by Gasteiger charge is -2.21. The van der Waals surface area contributed by atoms with E-state index in [1.807, 2.05) is 11.0 Å². The summed E-state index contributed by atoms with van der Waals surface area (Å²) in [6.45, 7) is 1.72. The quantitative estimate of drug-likeness (QED) is 0.801. The van der Waals surface area contributed by atoms with Gasteiger partial charge in [-0.25, -0.2) is 0 Å². The molecule has 1 aromatic heterocycles. The van der Waals surface area contributed by atoms with Gasteiger partial charge in [-0.05, 0) is 61.9 Å². The highest BCUT2D eigenvalue weighted by atomic mass is 35.5. The summed E-state index contributed by atoms with van der Waals surface area (Å²) >= 11 is 7.74. The number of likely N-dealkylation sites (tertiary alicyclic amines) is 1. The number of amides is 2. The van der Waals surface area contributed by atoms with Crippen LogP contribution in [0.4, 0.5) is 5.69 Å². The number of methoxy groups -OCH3 is 1. The summed E-state index contributed by atoms with van der Waals surface area (Å²) in [5, 5.41) is 3.42. The van der Waals surface area contributed by atoms with Gasteiger partial charge in [0, 0.05) is 29.6 Å². The van der Waals surface area contributed by atoms with E-state index >= 15 is 0 Å². The molecular formula is C21H23ClN2O3S. The Labute approximate surface area is 173 Å². The van der Waals surface area contributed by atoms with Crippen LogP contribution in [0.25, 0.3) is 0 Å². The van der Waals surface area contributed by atoms with Gasteiger partial charge in [0.15, 0.2) is 0 Å². The average Bonchev–Trinajstić information content (AvgIpc) is 3.36. The fraction of sp³-hybridized carbons (Fsp3) is 0.429. The van der Waals surface area contributed by atoms with Crippen molar-refractivity contribution in [1.29, 1.82) is 0 Å². The largest absolute Gasteiger partial charge is 0.495 e. The van der Waals surface area contributed by atoms with Crippen molar-refractivity contribution in [3.63, 3.8) is 0 Å². The molecule has 0 saturated carbocycles. The van der Waals surface area contributed by atoms with Gasteiger partial charge in [0.2, 0.25) is 5.91 Å². The van der Waals surface area contributed by atoms with E-state index in [9.17, 15) is 9.59 Å². The lowest BCUT2D eigenvalue weighted by atomic mass is 9.87. The average molecular weight is 419 g/mol. The van der Waals surface area contributed by atoms with Gasteiger partial charge in [-0.15, -0.1) is 11.3 Å². The maximum atomic E-state index is 12.7. The van der Waals surface area contributed by atoms with Gasteiger partial charge in [0.05, 0.1) is 17.0 Å². The van der Waals surface area contributed by atoms with Crippen molar-refractivity contribution < 1.29 is 14.3 Å². The molecule has 5 nitrogen and oxygen atoms in total. The number of nitrogens with zero attached hydrogens (tertiary/aromatic N) is 1. The molecule has 148 valence electrons. The molecule has 1 fully saturated rings. The van der Waals surface area contributed by atoms with E-state index in [4.69, 9.17) is 16.3 Å². The number of anilines is 1. The van der Waals surface area contributed by atoms with Gasteiger partial charge in [0.25, 0.3) is 5.91 Å². The Morgan fingerprint density at radius 1 is 1.25 bits per heavy atom. The van der Waals surface area contributed by atoms with E-state index in [1.165, 1.54) is 4.88 Å². The second-order valence-electron chi connectivity index (χ2n) is 7.34. The number of ether oxygens (including phenoxy) is 1. The minimum absolute atomic E-state index is 0.00879. The SMILES string of the molecule is COc1ccc(NC(=O)[C@H]2CCc3sc(C(=O)N4CCCC4)cc3C2)cc1Cl. The first-order chi connectivity index (χ1) is 13.5. The van der Waals surface area contributed by atoms with Crippen LogP contribution in [0.5, 0.6) is 5.75 Å². The fourth-order valence-electron chi connectivity index (χ4n) is 3.92. The van der Waals surface area contributed by atoms with Crippen LogP contribution >= 0.6 is 22.9 Å². The molecule has 28 heavy (non-hydrogen) atoms. The monoisotopic (exact) mass is 418 g/mol. The molecule has 1 aliphatic carbocycles. The highest BCUT2D eigenvalue weighted by Gasteiger charge is 2.29. The third-order valence-corrected chi connectivity index (χ3v) is 7.00. The van der Waals surface area contributed by atoms with Crippen LogP contribution in [0.2, 0.25) is 5.02 Å². The zero-order chi connectivity index (χ0) is 19.7. The molecule has 1 saturated heterocycles. The Hall–Kier alpha value is -2.05. The second kappa shape index (κ2) is 8.13. The molecule has 0 radical (unpaired) electrons. The first-order valence-corrected chi connectivity index (χ1v) is 10.8. The zero-order valence-corrected chi connectivity index (χ0v) is 17.4. The number of carbonyl (C=O) groups is 2. The van der Waals surface area contributed by atoms with Gasteiger partial charge >= 0.3 is 0 Å². The minimum atomic E-state index is -0.0993. The molecule has 7 heteroatoms. The van der Waals surface area contributed by atoms with Gasteiger partial charge in [-0.2, -0.15) is 0 Å². The Kier molecular flexibility index (Phi) is 5.60. The van der Waals surface area contributed by atoms with Crippen molar-refractivity contribution in [3.05, 3.63) is 44.6 Å². The molecule has 2 aliphatic rings. The number of halogens is 1. The molecule has 0 spiro atoms. The molecule has 2 amide bonds. The van der Waals surface area contributed by atoms with Crippen molar-refractivity contribution in [2.24, 2.45) is 5.92 Å². The van der Waals surface area contributed by atoms with Crippen LogP contribution in [-0.4, -0.2) is 36.9 Å². The molecule has 0 unspecified atom stereocenters. The van der Waals surface area contributed by atoms with Crippen molar-refractivity contribution >= 4 is 40.4 Å².